The van der Waals surface area contributed by atoms with Gasteiger partial charge >= 0.3 is 0 Å². The highest BCUT2D eigenvalue weighted by Gasteiger charge is 2.08. The first-order valence-corrected chi connectivity index (χ1v) is 4.67. The first kappa shape index (κ1) is 11.2. The van der Waals surface area contributed by atoms with Crippen molar-refractivity contribution in [2.24, 2.45) is 0 Å². The molecule has 3 nitrogen and oxygen atoms in total. The van der Waals surface area contributed by atoms with Crippen LogP contribution in [0, 0.1) is 0 Å². The quantitative estimate of drug-likeness (QED) is 0.572. The SMILES string of the molecule is C=CCN(CC=C)c1cc(O)ccc1O. The van der Waals surface area contributed by atoms with Crippen molar-refractivity contribution in [1.29, 1.82) is 0 Å². The number of hydrogen-bond acceptors (Lipinski definition) is 3. The average Bonchev–Trinajstić information content (AvgIpc) is 2.21. The van der Waals surface area contributed by atoms with Crippen LogP contribution in [0.3, 0.4) is 0 Å². The van der Waals surface area contributed by atoms with Crippen molar-refractivity contribution in [3.63, 3.8) is 0 Å². The largest absolute Gasteiger partial charge is 0.508 e. The smallest absolute Gasteiger partial charge is 0.139 e. The van der Waals surface area contributed by atoms with Gasteiger partial charge in [-0.25, -0.2) is 0 Å². The molecule has 15 heavy (non-hydrogen) atoms. The van der Waals surface area contributed by atoms with Gasteiger partial charge in [0.25, 0.3) is 0 Å². The summed E-state index contributed by atoms with van der Waals surface area (Å²) in [6.45, 7) is 8.45. The minimum atomic E-state index is 0.126. The number of aromatic hydroxyl groups is 2. The Hall–Kier alpha value is -1.90. The summed E-state index contributed by atoms with van der Waals surface area (Å²) in [5.41, 5.74) is 0.579. The molecular weight excluding hydrogens is 190 g/mol. The Morgan fingerprint density at radius 1 is 1.13 bits per heavy atom. The Kier molecular flexibility index (Phi) is 3.80. The molecular formula is C12H15NO2. The summed E-state index contributed by atoms with van der Waals surface area (Å²) in [6, 6.07) is 4.42. The molecule has 0 saturated carbocycles. The summed E-state index contributed by atoms with van der Waals surface area (Å²) in [7, 11) is 0. The van der Waals surface area contributed by atoms with Crippen molar-refractivity contribution >= 4 is 5.69 Å². The standard InChI is InChI=1S/C12H15NO2/c1-3-7-13(8-4-2)11-9-10(14)5-6-12(11)15/h3-6,9,14-15H,1-2,7-8H2. The molecule has 0 spiro atoms. The number of nitrogens with zero attached hydrogens (tertiary/aromatic N) is 1. The fourth-order valence-electron chi connectivity index (χ4n) is 1.35. The van der Waals surface area contributed by atoms with E-state index in [1.165, 1.54) is 18.2 Å². The van der Waals surface area contributed by atoms with E-state index in [0.717, 1.165) is 0 Å². The zero-order chi connectivity index (χ0) is 11.3. The number of anilines is 1. The van der Waals surface area contributed by atoms with E-state index in [2.05, 4.69) is 13.2 Å². The lowest BCUT2D eigenvalue weighted by Crippen LogP contribution is -2.23. The van der Waals surface area contributed by atoms with Crippen LogP contribution in [-0.4, -0.2) is 23.3 Å². The number of hydrogen-bond donors (Lipinski definition) is 2. The second-order valence-electron chi connectivity index (χ2n) is 3.16. The maximum atomic E-state index is 9.64. The Morgan fingerprint density at radius 3 is 2.27 bits per heavy atom. The van der Waals surface area contributed by atoms with Crippen molar-refractivity contribution in [2.75, 3.05) is 18.0 Å². The molecule has 1 rings (SSSR count). The number of benzene rings is 1. The Labute approximate surface area is 89.6 Å². The Bertz CT molecular complexity index is 351. The maximum absolute atomic E-state index is 9.64. The first-order valence-electron chi connectivity index (χ1n) is 4.67. The van der Waals surface area contributed by atoms with Gasteiger partial charge in [-0.05, 0) is 12.1 Å². The summed E-state index contributed by atoms with van der Waals surface area (Å²) in [4.78, 5) is 1.86. The highest BCUT2D eigenvalue weighted by Crippen LogP contribution is 2.30. The van der Waals surface area contributed by atoms with Crippen LogP contribution in [0.2, 0.25) is 0 Å². The van der Waals surface area contributed by atoms with Crippen LogP contribution in [0.1, 0.15) is 0 Å². The van der Waals surface area contributed by atoms with Crippen LogP contribution in [0.15, 0.2) is 43.5 Å². The molecule has 1 aromatic rings. The fourth-order valence-corrected chi connectivity index (χ4v) is 1.35. The highest BCUT2D eigenvalue weighted by molar-refractivity contribution is 5.61. The van der Waals surface area contributed by atoms with E-state index in [-0.39, 0.29) is 11.5 Å². The van der Waals surface area contributed by atoms with Gasteiger partial charge in [0.1, 0.15) is 11.5 Å². The van der Waals surface area contributed by atoms with Crippen molar-refractivity contribution in [1.82, 2.24) is 0 Å². The average molecular weight is 205 g/mol. The fraction of sp³-hybridized carbons (Fsp3) is 0.167. The third kappa shape index (κ3) is 2.77. The van der Waals surface area contributed by atoms with E-state index < -0.39 is 0 Å². The van der Waals surface area contributed by atoms with Gasteiger partial charge in [0, 0.05) is 19.2 Å². The summed E-state index contributed by atoms with van der Waals surface area (Å²) >= 11 is 0. The molecule has 0 unspecified atom stereocenters. The Balaban J connectivity index is 3.02. The molecule has 0 saturated heterocycles. The van der Waals surface area contributed by atoms with Gasteiger partial charge in [0.15, 0.2) is 0 Å². The molecule has 2 N–H and O–H groups in total. The normalized spacial score (nSPS) is 9.60. The molecule has 0 aliphatic rings. The van der Waals surface area contributed by atoms with Gasteiger partial charge in [-0.15, -0.1) is 13.2 Å². The van der Waals surface area contributed by atoms with Gasteiger partial charge in [-0.2, -0.15) is 0 Å². The van der Waals surface area contributed by atoms with Crippen LogP contribution in [0.5, 0.6) is 11.5 Å². The summed E-state index contributed by atoms with van der Waals surface area (Å²) in [6.07, 6.45) is 3.46. The lowest BCUT2D eigenvalue weighted by Gasteiger charge is -2.22. The molecule has 0 fully saturated rings. The summed E-state index contributed by atoms with van der Waals surface area (Å²) < 4.78 is 0. The highest BCUT2D eigenvalue weighted by atomic mass is 16.3. The predicted molar refractivity (Wildman–Crippen MR) is 62.4 cm³/mol. The van der Waals surface area contributed by atoms with Crippen molar-refractivity contribution in [3.05, 3.63) is 43.5 Å². The lowest BCUT2D eigenvalue weighted by molar-refractivity contribution is 0.460. The van der Waals surface area contributed by atoms with E-state index in [0.29, 0.717) is 18.8 Å². The van der Waals surface area contributed by atoms with Crippen LogP contribution in [0.4, 0.5) is 5.69 Å². The van der Waals surface area contributed by atoms with E-state index in [9.17, 15) is 10.2 Å². The number of phenolic OH excluding ortho intramolecular Hbond substituents is 2. The van der Waals surface area contributed by atoms with E-state index in [4.69, 9.17) is 0 Å². The van der Waals surface area contributed by atoms with Crippen molar-refractivity contribution in [3.8, 4) is 11.5 Å². The zero-order valence-electron chi connectivity index (χ0n) is 8.56. The van der Waals surface area contributed by atoms with Crippen LogP contribution in [-0.2, 0) is 0 Å². The second kappa shape index (κ2) is 5.10. The Morgan fingerprint density at radius 2 is 1.73 bits per heavy atom. The van der Waals surface area contributed by atoms with Crippen molar-refractivity contribution < 1.29 is 10.2 Å². The van der Waals surface area contributed by atoms with Gasteiger partial charge in [0.05, 0.1) is 5.69 Å². The molecule has 0 aliphatic carbocycles. The van der Waals surface area contributed by atoms with Crippen LogP contribution < -0.4 is 4.90 Å². The minimum Gasteiger partial charge on any atom is -0.508 e. The molecule has 1 aromatic carbocycles. The van der Waals surface area contributed by atoms with E-state index in [1.54, 1.807) is 12.2 Å². The molecule has 0 radical (unpaired) electrons. The van der Waals surface area contributed by atoms with Gasteiger partial charge in [-0.1, -0.05) is 12.2 Å². The third-order valence-electron chi connectivity index (χ3n) is 2.00. The molecule has 3 heteroatoms. The zero-order valence-corrected chi connectivity index (χ0v) is 8.56. The summed E-state index contributed by atoms with van der Waals surface area (Å²) in [5.74, 6) is 0.262. The summed E-state index contributed by atoms with van der Waals surface area (Å²) in [5, 5.41) is 19.0. The second-order valence-corrected chi connectivity index (χ2v) is 3.16. The van der Waals surface area contributed by atoms with Gasteiger partial charge in [-0.3, -0.25) is 0 Å². The maximum Gasteiger partial charge on any atom is 0.139 e. The van der Waals surface area contributed by atoms with Crippen molar-refractivity contribution in [2.45, 2.75) is 0 Å². The number of rotatable bonds is 5. The molecule has 0 bridgehead atoms. The predicted octanol–water partition coefficient (Wildman–Crippen LogP) is 2.28. The molecule has 0 heterocycles. The topological polar surface area (TPSA) is 43.7 Å². The molecule has 0 amide bonds. The number of phenols is 2. The van der Waals surface area contributed by atoms with E-state index >= 15 is 0 Å². The van der Waals surface area contributed by atoms with Crippen LogP contribution in [0.25, 0.3) is 0 Å². The van der Waals surface area contributed by atoms with Gasteiger partial charge in [0.2, 0.25) is 0 Å². The van der Waals surface area contributed by atoms with Crippen LogP contribution >= 0.6 is 0 Å². The molecule has 80 valence electrons. The first-order chi connectivity index (χ1) is 7.19. The molecule has 0 aliphatic heterocycles. The third-order valence-corrected chi connectivity index (χ3v) is 2.00. The lowest BCUT2D eigenvalue weighted by atomic mass is 10.2. The van der Waals surface area contributed by atoms with Gasteiger partial charge < -0.3 is 15.1 Å². The minimum absolute atomic E-state index is 0.126. The molecule has 0 aromatic heterocycles. The monoisotopic (exact) mass is 205 g/mol. The van der Waals surface area contributed by atoms with E-state index in [1.807, 2.05) is 4.90 Å². The molecule has 0 atom stereocenters.